The molecule has 0 N–H and O–H groups in total. The van der Waals surface area contributed by atoms with Crippen LogP contribution in [0.2, 0.25) is 0 Å². The van der Waals surface area contributed by atoms with Gasteiger partial charge in [0.25, 0.3) is 0 Å². The lowest BCUT2D eigenvalue weighted by Gasteiger charge is -2.18. The highest BCUT2D eigenvalue weighted by Crippen LogP contribution is 2.28. The number of allylic oxidation sites excluding steroid dienone is 10. The Hall–Kier alpha value is -2.74. The van der Waals surface area contributed by atoms with Crippen LogP contribution in [0.5, 0.6) is 0 Å². The van der Waals surface area contributed by atoms with E-state index in [1.807, 2.05) is 6.92 Å². The maximum absolute atomic E-state index is 13.4. The third-order valence-corrected chi connectivity index (χ3v) is 5.75. The Morgan fingerprint density at radius 1 is 0.758 bits per heavy atom. The van der Waals surface area contributed by atoms with E-state index in [2.05, 4.69) is 45.9 Å². The Bertz CT molecular complexity index is 1320. The Kier molecular flexibility index (Phi) is 7.02. The molecule has 0 spiro atoms. The number of carbonyl (C=O) groups excluding carboxylic acids is 2. The summed E-state index contributed by atoms with van der Waals surface area (Å²) in [7, 11) is 0. The van der Waals surface area contributed by atoms with Crippen LogP contribution >= 0.6 is 0 Å². The molecule has 0 bridgehead atoms. The number of carbonyl (C=O) groups is 2. The fraction of sp³-hybridized carbons (Fsp3) is 0.419. The van der Waals surface area contributed by atoms with Gasteiger partial charge in [-0.05, 0) is 86.4 Å². The van der Waals surface area contributed by atoms with E-state index in [0.29, 0.717) is 6.42 Å². The molecule has 0 aliphatic heterocycles. The van der Waals surface area contributed by atoms with E-state index >= 15 is 0 Å². The maximum atomic E-state index is 13.4. The van der Waals surface area contributed by atoms with E-state index in [1.165, 1.54) is 16.7 Å². The molecule has 0 radical (unpaired) electrons. The predicted octanol–water partition coefficient (Wildman–Crippen LogP) is 8.92. The number of benzene rings is 1. The van der Waals surface area contributed by atoms with E-state index in [9.17, 15) is 9.59 Å². The van der Waals surface area contributed by atoms with Gasteiger partial charge in [-0.3, -0.25) is 9.59 Å². The number of ketones is 2. The molecule has 176 valence electrons. The average Bonchev–Trinajstić information content (AvgIpc) is 2.85. The zero-order valence-corrected chi connectivity index (χ0v) is 20.6. The fourth-order valence-corrected chi connectivity index (χ4v) is 3.64. The monoisotopic (exact) mass is 451 g/mol. The fourth-order valence-electron chi connectivity index (χ4n) is 3.64. The van der Waals surface area contributed by atoms with Crippen LogP contribution in [0, 0.1) is 0 Å². The summed E-state index contributed by atoms with van der Waals surface area (Å²) in [6.07, 6.45) is 13.9. The third-order valence-electron chi connectivity index (χ3n) is 5.75. The lowest BCUT2D eigenvalue weighted by Crippen LogP contribution is -2.20. The molecule has 0 aromatic heterocycles. The molecule has 0 saturated heterocycles. The van der Waals surface area contributed by atoms with Crippen molar-refractivity contribution in [2.24, 2.45) is 0 Å². The summed E-state index contributed by atoms with van der Waals surface area (Å²) in [5.41, 5.74) is 3.02. The molecular formula is C31H40O2. The van der Waals surface area contributed by atoms with Crippen molar-refractivity contribution in [3.05, 3.63) is 93.0 Å². The number of hydrogen-bond donors (Lipinski definition) is 0. The van der Waals surface area contributed by atoms with Gasteiger partial charge in [-0.2, -0.15) is 0 Å². The average molecular weight is 452 g/mol. The molecule has 0 fully saturated rings. The molecule has 0 atom stereocenters. The molecule has 2 rings (SSSR count). The highest BCUT2D eigenvalue weighted by molar-refractivity contribution is 6.26. The van der Waals surface area contributed by atoms with Gasteiger partial charge in [-0.25, -0.2) is 0 Å². The summed E-state index contributed by atoms with van der Waals surface area (Å²) in [5.74, 6) is -1.88. The number of hydrogen-bond acceptors (Lipinski definition) is 2. The van der Waals surface area contributed by atoms with Crippen LogP contribution in [-0.2, 0) is 0 Å². The summed E-state index contributed by atoms with van der Waals surface area (Å²) in [5, 5.41) is 0. The van der Waals surface area contributed by atoms with Crippen LogP contribution < -0.4 is 0 Å². The summed E-state index contributed by atoms with van der Waals surface area (Å²) in [6.45, 7) is 7.46. The van der Waals surface area contributed by atoms with Crippen LogP contribution in [0.1, 0.15) is 117 Å². The van der Waals surface area contributed by atoms with Crippen molar-refractivity contribution in [1.82, 2.24) is 0 Å². The van der Waals surface area contributed by atoms with Crippen molar-refractivity contribution in [2.45, 2.75) is 86.4 Å². The largest absolute Gasteiger partial charge is 0.289 e. The second-order valence-corrected chi connectivity index (χ2v) is 9.01. The lowest BCUT2D eigenvalue weighted by atomic mass is 9.83. The van der Waals surface area contributed by atoms with Gasteiger partial charge in [-0.1, -0.05) is 70.8 Å². The van der Waals surface area contributed by atoms with Gasteiger partial charge >= 0.3 is 0 Å². The van der Waals surface area contributed by atoms with Crippen molar-refractivity contribution in [3.63, 3.8) is 0 Å². The van der Waals surface area contributed by atoms with Crippen molar-refractivity contribution >= 4 is 11.6 Å². The first-order chi connectivity index (χ1) is 18.6. The van der Waals surface area contributed by atoms with E-state index in [4.69, 9.17) is 9.60 Å². The summed E-state index contributed by atoms with van der Waals surface area (Å²) >= 11 is 0. The first-order valence-electron chi connectivity index (χ1n) is 15.1. The first kappa shape index (κ1) is 17.7. The second kappa shape index (κ2) is 13.1. The second-order valence-electron chi connectivity index (χ2n) is 9.01. The van der Waals surface area contributed by atoms with E-state index in [-0.39, 0.29) is 12.0 Å². The van der Waals surface area contributed by atoms with Gasteiger partial charge in [0.05, 0.1) is 5.48 Å². The molecular weight excluding hydrogens is 404 g/mol. The van der Waals surface area contributed by atoms with E-state index in [0.717, 1.165) is 37.7 Å². The van der Waals surface area contributed by atoms with Crippen molar-refractivity contribution < 1.29 is 19.2 Å². The molecule has 2 heteroatoms. The van der Waals surface area contributed by atoms with Crippen LogP contribution in [0.25, 0.3) is 0 Å². The number of fused-ring (bicyclic) bond motifs is 1. The zero-order valence-electron chi connectivity index (χ0n) is 27.6. The quantitative estimate of drug-likeness (QED) is 0.315. The highest BCUT2D eigenvalue weighted by atomic mass is 16.1. The van der Waals surface area contributed by atoms with Gasteiger partial charge in [0.15, 0.2) is 11.6 Å². The number of rotatable bonds is 11. The van der Waals surface area contributed by atoms with Gasteiger partial charge in [0, 0.05) is 26.4 Å². The lowest BCUT2D eigenvalue weighted by molar-refractivity contribution is 0.0973. The molecule has 0 amide bonds. The molecule has 0 unspecified atom stereocenters. The molecule has 1 aliphatic rings. The standard InChI is InChI=1S/C31H40O2/c1-22(2)12-9-13-23(3)14-10-15-24(4)16-11-17-25(5)20-21-27-26(6)30(32)28-18-7-8-19-29(28)31(27)33/h7-8,12,14,16,18-20H,9-11,13,15,17,21H2,1-6H3/b23-14-,24-16+,25-20+/i6D3,7D,8D,18D,19D. The molecule has 1 aromatic rings. The Labute approximate surface area is 210 Å². The normalized spacial score (nSPS) is 18.6. The molecule has 0 heterocycles. The van der Waals surface area contributed by atoms with E-state index < -0.39 is 59.3 Å². The Morgan fingerprint density at radius 3 is 1.76 bits per heavy atom. The van der Waals surface area contributed by atoms with Gasteiger partial charge in [0.2, 0.25) is 0 Å². The minimum atomic E-state index is -2.91. The van der Waals surface area contributed by atoms with Crippen LogP contribution in [0.3, 0.4) is 0 Å². The molecule has 0 saturated carbocycles. The third kappa shape index (κ3) is 8.28. The molecule has 33 heavy (non-hydrogen) atoms. The van der Waals surface area contributed by atoms with Gasteiger partial charge in [0.1, 0.15) is 0 Å². The topological polar surface area (TPSA) is 34.1 Å². The SMILES string of the molecule is [2H]c1c([2H])c([2H])c2c(c1[2H])C(=O)C(C/C=C(\C)CC/C=C(\C)CC/C=C(/C)CCC=C(C)C)=C(C([2H])([2H])[2H])C2=O. The van der Waals surface area contributed by atoms with E-state index in [1.54, 1.807) is 6.08 Å². The van der Waals surface area contributed by atoms with Gasteiger partial charge < -0.3 is 0 Å². The van der Waals surface area contributed by atoms with Crippen molar-refractivity contribution in [1.29, 1.82) is 0 Å². The summed E-state index contributed by atoms with van der Waals surface area (Å²) < 4.78 is 55.6. The minimum Gasteiger partial charge on any atom is -0.289 e. The molecule has 1 aliphatic carbocycles. The Balaban J connectivity index is 2.14. The zero-order chi connectivity index (χ0) is 30.4. The smallest absolute Gasteiger partial charge is 0.190 e. The van der Waals surface area contributed by atoms with Crippen LogP contribution in [-0.4, -0.2) is 11.6 Å². The highest BCUT2D eigenvalue weighted by Gasteiger charge is 2.28. The maximum Gasteiger partial charge on any atom is 0.190 e. The molecule has 2 nitrogen and oxygen atoms in total. The van der Waals surface area contributed by atoms with Gasteiger partial charge in [-0.15, -0.1) is 0 Å². The van der Waals surface area contributed by atoms with Crippen molar-refractivity contribution in [2.75, 3.05) is 0 Å². The van der Waals surface area contributed by atoms with Crippen LogP contribution in [0.15, 0.2) is 81.9 Å². The first-order valence-corrected chi connectivity index (χ1v) is 11.6. The van der Waals surface area contributed by atoms with Crippen LogP contribution in [0.4, 0.5) is 0 Å². The predicted molar refractivity (Wildman–Crippen MR) is 141 cm³/mol. The molecule has 1 aromatic carbocycles. The van der Waals surface area contributed by atoms with Crippen molar-refractivity contribution in [3.8, 4) is 0 Å². The summed E-state index contributed by atoms with van der Waals surface area (Å²) in [4.78, 5) is 26.6. The number of Topliss-reactive ketones (excluding diaryl/α,β-unsaturated/α-hetero) is 2. The Morgan fingerprint density at radius 2 is 1.24 bits per heavy atom. The summed E-state index contributed by atoms with van der Waals surface area (Å²) in [6, 6.07) is -2.64. The minimum absolute atomic E-state index is 0.105.